The first-order valence-corrected chi connectivity index (χ1v) is 13.1. The van der Waals surface area contributed by atoms with Crippen molar-refractivity contribution in [2.75, 3.05) is 0 Å². The van der Waals surface area contributed by atoms with Crippen molar-refractivity contribution in [1.29, 1.82) is 0 Å². The first-order valence-electron chi connectivity index (χ1n) is 11.9. The summed E-state index contributed by atoms with van der Waals surface area (Å²) in [5.41, 5.74) is 3.97. The summed E-state index contributed by atoms with van der Waals surface area (Å²) in [5.74, 6) is 1.19. The third-order valence-electron chi connectivity index (χ3n) is 8.55. The number of hydrogen-bond donors (Lipinski definition) is 1. The average molecular weight is 495 g/mol. The van der Waals surface area contributed by atoms with Crippen molar-refractivity contribution in [2.45, 2.75) is 60.9 Å². The molecule has 180 valence electrons. The standard InChI is InChI=1S/C27H24F2N2O3S/c1-26(2,32)24-30-11-15(12-31-24)13-6-7-14-10-27-20-9-17(23(27)22(27)16(14)8-13)21-18(34-25(28)29)4-3-5-19(21)35(20)33/h3-8,11-12,17,20,22-23,25,32H,9-10H2,1-2H3/t17-,20?,22+,23?,27?,35-/m0/s1. The smallest absolute Gasteiger partial charge is 0.387 e. The first kappa shape index (κ1) is 21.6. The van der Waals surface area contributed by atoms with Crippen molar-refractivity contribution in [3.8, 4) is 16.9 Å². The average Bonchev–Trinajstić information content (AvgIpc) is 3.20. The molecule has 3 aliphatic carbocycles. The van der Waals surface area contributed by atoms with Crippen LogP contribution in [0.4, 0.5) is 8.78 Å². The van der Waals surface area contributed by atoms with Gasteiger partial charge in [-0.1, -0.05) is 24.3 Å². The highest BCUT2D eigenvalue weighted by Crippen LogP contribution is 2.84. The van der Waals surface area contributed by atoms with Gasteiger partial charge in [0.1, 0.15) is 11.4 Å². The molecule has 6 atom stereocenters. The second kappa shape index (κ2) is 6.95. The van der Waals surface area contributed by atoms with Gasteiger partial charge in [0.25, 0.3) is 0 Å². The van der Waals surface area contributed by atoms with Crippen LogP contribution in [0.2, 0.25) is 0 Å². The lowest BCUT2D eigenvalue weighted by Crippen LogP contribution is -2.29. The summed E-state index contributed by atoms with van der Waals surface area (Å²) < 4.78 is 44.8. The number of aliphatic hydroxyl groups is 1. The van der Waals surface area contributed by atoms with Gasteiger partial charge in [-0.05, 0) is 73.3 Å². The van der Waals surface area contributed by atoms with Crippen molar-refractivity contribution in [2.24, 2.45) is 11.3 Å². The summed E-state index contributed by atoms with van der Waals surface area (Å²) >= 11 is 0. The molecule has 1 N–H and O–H groups in total. The molecule has 8 heteroatoms. The molecule has 2 bridgehead atoms. The predicted octanol–water partition coefficient (Wildman–Crippen LogP) is 4.91. The Morgan fingerprint density at radius 1 is 1.17 bits per heavy atom. The first-order chi connectivity index (χ1) is 16.7. The van der Waals surface area contributed by atoms with E-state index in [1.54, 1.807) is 38.4 Å². The van der Waals surface area contributed by atoms with Crippen molar-refractivity contribution in [3.63, 3.8) is 0 Å². The molecule has 5 nitrogen and oxygen atoms in total. The van der Waals surface area contributed by atoms with Crippen LogP contribution < -0.4 is 4.74 Å². The number of ether oxygens (including phenoxy) is 1. The van der Waals surface area contributed by atoms with Crippen LogP contribution >= 0.6 is 0 Å². The lowest BCUT2D eigenvalue weighted by Gasteiger charge is -2.30. The topological polar surface area (TPSA) is 72.3 Å². The zero-order valence-corrected chi connectivity index (χ0v) is 20.1. The van der Waals surface area contributed by atoms with Crippen molar-refractivity contribution in [3.05, 3.63) is 71.3 Å². The lowest BCUT2D eigenvalue weighted by molar-refractivity contribution is -0.0509. The fraction of sp³-hybridized carbons (Fsp3) is 0.407. The van der Waals surface area contributed by atoms with Gasteiger partial charge < -0.3 is 9.84 Å². The highest BCUT2D eigenvalue weighted by atomic mass is 32.2. The minimum absolute atomic E-state index is 0.0297. The van der Waals surface area contributed by atoms with E-state index >= 15 is 0 Å². The third-order valence-corrected chi connectivity index (χ3v) is 10.5. The Bertz CT molecular complexity index is 1400. The fourth-order valence-corrected chi connectivity index (χ4v) is 9.44. The van der Waals surface area contributed by atoms with E-state index in [1.165, 1.54) is 11.1 Å². The van der Waals surface area contributed by atoms with E-state index in [1.807, 2.05) is 6.07 Å². The van der Waals surface area contributed by atoms with Crippen LogP contribution in [0.1, 0.15) is 54.6 Å². The van der Waals surface area contributed by atoms with Crippen molar-refractivity contribution < 1.29 is 22.8 Å². The van der Waals surface area contributed by atoms with E-state index in [2.05, 4.69) is 28.2 Å². The number of fused-ring (bicyclic) bond motifs is 8. The summed E-state index contributed by atoms with van der Waals surface area (Å²) in [5, 5.41) is 10.2. The molecule has 1 aliphatic heterocycles. The molecule has 1 aromatic heterocycles. The van der Waals surface area contributed by atoms with Gasteiger partial charge in [-0.25, -0.2) is 9.97 Å². The second-order valence-corrected chi connectivity index (χ2v) is 12.3. The van der Waals surface area contributed by atoms with Crippen LogP contribution in [0.25, 0.3) is 11.1 Å². The van der Waals surface area contributed by atoms with Gasteiger partial charge in [0.05, 0.1) is 10.8 Å². The van der Waals surface area contributed by atoms with Gasteiger partial charge in [0.2, 0.25) is 0 Å². The molecule has 7 rings (SSSR count). The lowest BCUT2D eigenvalue weighted by atomic mass is 9.87. The summed E-state index contributed by atoms with van der Waals surface area (Å²) in [6.07, 6.45) is 5.10. The number of rotatable bonds is 4. The van der Waals surface area contributed by atoms with Crippen molar-refractivity contribution in [1.82, 2.24) is 9.97 Å². The third kappa shape index (κ3) is 2.84. The Balaban J connectivity index is 1.26. The Kier molecular flexibility index (Phi) is 4.28. The molecule has 4 aliphatic rings. The molecular formula is C27H24F2N2O3S. The molecule has 35 heavy (non-hydrogen) atoms. The Morgan fingerprint density at radius 3 is 2.66 bits per heavy atom. The van der Waals surface area contributed by atoms with Crippen molar-refractivity contribution >= 4 is 10.8 Å². The molecule has 2 saturated carbocycles. The Labute approximate surface area is 204 Å². The van der Waals surface area contributed by atoms with E-state index in [9.17, 15) is 18.1 Å². The Hall–Kier alpha value is -2.71. The Morgan fingerprint density at radius 2 is 1.94 bits per heavy atom. The van der Waals surface area contributed by atoms with Crippen LogP contribution in [0, 0.1) is 11.3 Å². The maximum absolute atomic E-state index is 13.7. The van der Waals surface area contributed by atoms with Gasteiger partial charge >= 0.3 is 6.61 Å². The van der Waals surface area contributed by atoms with Crippen LogP contribution in [0.15, 0.2) is 53.7 Å². The van der Waals surface area contributed by atoms with E-state index in [0.717, 1.165) is 29.5 Å². The summed E-state index contributed by atoms with van der Waals surface area (Å²) in [4.78, 5) is 9.36. The number of benzene rings is 2. The highest BCUT2D eigenvalue weighted by molar-refractivity contribution is 7.86. The second-order valence-electron chi connectivity index (χ2n) is 10.7. The molecule has 0 saturated heterocycles. The molecule has 3 aromatic rings. The number of halogens is 2. The van der Waals surface area contributed by atoms with Gasteiger partial charge in [0.15, 0.2) is 5.82 Å². The normalized spacial score (nSPS) is 31.5. The zero-order chi connectivity index (χ0) is 24.3. The number of hydrogen-bond acceptors (Lipinski definition) is 5. The highest BCUT2D eigenvalue weighted by Gasteiger charge is 2.80. The quantitative estimate of drug-likeness (QED) is 0.558. The fourth-order valence-electron chi connectivity index (χ4n) is 7.28. The molecular weight excluding hydrogens is 470 g/mol. The molecule has 2 fully saturated rings. The largest absolute Gasteiger partial charge is 0.434 e. The monoisotopic (exact) mass is 494 g/mol. The minimum atomic E-state index is -2.91. The van der Waals surface area contributed by atoms with E-state index < -0.39 is 23.0 Å². The van der Waals surface area contributed by atoms with Gasteiger partial charge in [-0.15, -0.1) is 0 Å². The SMILES string of the molecule is CC(C)(O)c1ncc(-c2ccc3c(c2)[C@@H]2C4[C@H]5CC([S@@](=O)c6cccc(OC(F)F)c65)C42C3)cn1. The predicted molar refractivity (Wildman–Crippen MR) is 126 cm³/mol. The minimum Gasteiger partial charge on any atom is -0.434 e. The van der Waals surface area contributed by atoms with Crippen LogP contribution in [-0.4, -0.2) is 31.1 Å². The van der Waals surface area contributed by atoms with Gasteiger partial charge in [0, 0.05) is 39.1 Å². The summed E-state index contributed by atoms with van der Waals surface area (Å²) in [6, 6.07) is 11.5. The van der Waals surface area contributed by atoms with Crippen LogP contribution in [0.5, 0.6) is 5.75 Å². The maximum atomic E-state index is 13.7. The molecule has 0 radical (unpaired) electrons. The maximum Gasteiger partial charge on any atom is 0.387 e. The number of nitrogens with zero attached hydrogens (tertiary/aromatic N) is 2. The molecule has 2 heterocycles. The van der Waals surface area contributed by atoms with E-state index in [-0.39, 0.29) is 34.2 Å². The van der Waals surface area contributed by atoms with Crippen LogP contribution in [-0.2, 0) is 22.8 Å². The summed E-state index contributed by atoms with van der Waals surface area (Å²) in [7, 11) is -1.25. The molecule has 3 unspecified atom stereocenters. The number of alkyl halides is 2. The van der Waals surface area contributed by atoms with E-state index in [0.29, 0.717) is 10.7 Å². The molecule has 1 spiro atoms. The number of aromatic nitrogens is 2. The zero-order valence-electron chi connectivity index (χ0n) is 19.2. The summed E-state index contributed by atoms with van der Waals surface area (Å²) in [6.45, 7) is 0.397. The van der Waals surface area contributed by atoms with E-state index in [4.69, 9.17) is 4.74 Å². The molecule has 0 amide bonds. The van der Waals surface area contributed by atoms with Crippen LogP contribution in [0.3, 0.4) is 0 Å². The van der Waals surface area contributed by atoms with Gasteiger partial charge in [-0.2, -0.15) is 8.78 Å². The molecule has 2 aromatic carbocycles. The van der Waals surface area contributed by atoms with Gasteiger partial charge in [-0.3, -0.25) is 4.21 Å².